The van der Waals surface area contributed by atoms with E-state index in [1.807, 2.05) is 13.8 Å². The average molecular weight is 559 g/mol. The Kier molecular flexibility index (Phi) is 14.8. The molecule has 222 valence electrons. The zero-order valence-corrected chi connectivity index (χ0v) is 23.8. The number of azide groups is 1. The molecular weight excluding hydrogens is 516 g/mol. The molecule has 1 rings (SSSR count). The molecule has 14 nitrogen and oxygen atoms in total. The Morgan fingerprint density at radius 1 is 1.08 bits per heavy atom. The second-order valence-corrected chi connectivity index (χ2v) is 9.91. The van der Waals surface area contributed by atoms with E-state index in [1.54, 1.807) is 27.9 Å². The number of carbonyl (C=O) groups is 4. The Hall–Kier alpha value is -2.93. The number of hydrogen-bond acceptors (Lipinski definition) is 11. The highest BCUT2D eigenvalue weighted by Gasteiger charge is 2.48. The van der Waals surface area contributed by atoms with Crippen LogP contribution in [0.3, 0.4) is 0 Å². The van der Waals surface area contributed by atoms with Crippen LogP contribution in [0.5, 0.6) is 0 Å². The first kappa shape index (κ1) is 34.1. The van der Waals surface area contributed by atoms with E-state index in [-0.39, 0.29) is 38.1 Å². The molecule has 0 aromatic heterocycles. The monoisotopic (exact) mass is 558 g/mol. The van der Waals surface area contributed by atoms with E-state index in [0.717, 1.165) is 0 Å². The van der Waals surface area contributed by atoms with Gasteiger partial charge in [0.05, 0.1) is 43.3 Å². The van der Waals surface area contributed by atoms with Gasteiger partial charge in [0.25, 0.3) is 0 Å². The van der Waals surface area contributed by atoms with Crippen molar-refractivity contribution in [1.29, 1.82) is 0 Å². The van der Waals surface area contributed by atoms with Gasteiger partial charge in [0.1, 0.15) is 19.8 Å². The molecule has 1 heterocycles. The molecule has 14 heteroatoms. The summed E-state index contributed by atoms with van der Waals surface area (Å²) in [5.41, 5.74) is 7.28. The smallest absolute Gasteiger partial charge is 0.312 e. The number of nitrogens with zero attached hydrogens (tertiary/aromatic N) is 3. The summed E-state index contributed by atoms with van der Waals surface area (Å²) in [7, 11) is 1.55. The molecule has 6 atom stereocenters. The molecule has 1 amide bonds. The van der Waals surface area contributed by atoms with Crippen LogP contribution in [0.4, 0.5) is 0 Å². The highest BCUT2D eigenvalue weighted by atomic mass is 16.7. The number of methoxy groups -OCH3 is 1. The van der Waals surface area contributed by atoms with Crippen LogP contribution in [0.25, 0.3) is 10.4 Å². The van der Waals surface area contributed by atoms with E-state index in [1.165, 1.54) is 6.92 Å². The van der Waals surface area contributed by atoms with Crippen molar-refractivity contribution in [3.05, 3.63) is 10.4 Å². The zero-order valence-electron chi connectivity index (χ0n) is 23.8. The summed E-state index contributed by atoms with van der Waals surface area (Å²) in [6, 6.07) is -0.796. The average Bonchev–Trinajstić information content (AvgIpc) is 2.88. The zero-order chi connectivity index (χ0) is 29.6. The minimum absolute atomic E-state index is 0.00964. The van der Waals surface area contributed by atoms with E-state index in [2.05, 4.69) is 15.3 Å². The molecule has 0 aromatic carbocycles. The largest absolute Gasteiger partial charge is 0.463 e. The number of amides is 1. The maximum Gasteiger partial charge on any atom is 0.312 e. The molecule has 1 fully saturated rings. The topological polar surface area (TPSA) is 184 Å². The van der Waals surface area contributed by atoms with Crippen molar-refractivity contribution in [3.8, 4) is 0 Å². The first-order valence-corrected chi connectivity index (χ1v) is 12.9. The summed E-state index contributed by atoms with van der Waals surface area (Å²) in [5, 5.41) is 5.98. The van der Waals surface area contributed by atoms with E-state index >= 15 is 0 Å². The SMILES string of the molecule is CCC(C(=O)O[C@@H]1OC(COC(C)=O)[C@@H](C)[C@H](C)C1NC(=O)CN=[N+]=[N-])C(C)(C)C(=O)OCCOCCOC. The fourth-order valence-corrected chi connectivity index (χ4v) is 4.25. The lowest BCUT2D eigenvalue weighted by Gasteiger charge is -2.44. The van der Waals surface area contributed by atoms with Crippen LogP contribution in [0.2, 0.25) is 0 Å². The molecule has 39 heavy (non-hydrogen) atoms. The maximum atomic E-state index is 13.4. The first-order valence-electron chi connectivity index (χ1n) is 12.9. The molecule has 1 aliphatic heterocycles. The van der Waals surface area contributed by atoms with Crippen molar-refractivity contribution in [3.63, 3.8) is 0 Å². The van der Waals surface area contributed by atoms with Crippen molar-refractivity contribution in [1.82, 2.24) is 5.32 Å². The first-order chi connectivity index (χ1) is 18.4. The van der Waals surface area contributed by atoms with Gasteiger partial charge in [-0.05, 0) is 37.6 Å². The molecular formula is C25H42N4O10. The summed E-state index contributed by atoms with van der Waals surface area (Å²) in [5.74, 6) is -3.78. The Morgan fingerprint density at radius 2 is 1.74 bits per heavy atom. The summed E-state index contributed by atoms with van der Waals surface area (Å²) >= 11 is 0. The third-order valence-electron chi connectivity index (χ3n) is 6.86. The van der Waals surface area contributed by atoms with Crippen LogP contribution in [0, 0.1) is 23.2 Å². The van der Waals surface area contributed by atoms with Crippen LogP contribution in [-0.4, -0.2) is 88.9 Å². The molecule has 1 saturated heterocycles. The van der Waals surface area contributed by atoms with Crippen LogP contribution in [0.15, 0.2) is 5.11 Å². The minimum atomic E-state index is -1.26. The molecule has 0 spiro atoms. The fourth-order valence-electron chi connectivity index (χ4n) is 4.25. The minimum Gasteiger partial charge on any atom is -0.463 e. The Balaban J connectivity index is 3.03. The van der Waals surface area contributed by atoms with E-state index in [0.29, 0.717) is 13.2 Å². The van der Waals surface area contributed by atoms with Gasteiger partial charge >= 0.3 is 17.9 Å². The van der Waals surface area contributed by atoms with Crippen molar-refractivity contribution >= 4 is 23.8 Å². The van der Waals surface area contributed by atoms with Gasteiger partial charge in [-0.15, -0.1) is 0 Å². The molecule has 1 N–H and O–H groups in total. The normalized spacial score (nSPS) is 23.6. The lowest BCUT2D eigenvalue weighted by atomic mass is 9.77. The molecule has 0 radical (unpaired) electrons. The van der Waals surface area contributed by atoms with Gasteiger partial charge in [-0.3, -0.25) is 19.2 Å². The summed E-state index contributed by atoms with van der Waals surface area (Å²) in [4.78, 5) is 52.6. The Morgan fingerprint density at radius 3 is 2.33 bits per heavy atom. The molecule has 3 unspecified atom stereocenters. The van der Waals surface area contributed by atoms with Crippen LogP contribution >= 0.6 is 0 Å². The molecule has 0 bridgehead atoms. The number of nitrogens with one attached hydrogen (secondary N) is 1. The molecule has 0 aromatic rings. The van der Waals surface area contributed by atoms with Crippen molar-refractivity contribution in [2.24, 2.45) is 28.3 Å². The van der Waals surface area contributed by atoms with Gasteiger partial charge in [0.15, 0.2) is 0 Å². The second-order valence-electron chi connectivity index (χ2n) is 9.91. The standard InChI is InChI=1S/C25H42N4O10/c1-8-18(25(5,6)24(33)36-12-11-35-10-9-34-7)22(32)39-23-21(28-20(31)13-27-29-26)16(3)15(2)19(38-23)14-37-17(4)30/h15-16,18-19,21,23H,8-14H2,1-7H3,(H,28,31)/t15-,16-,18?,19?,21?,23-/m0/s1. The maximum absolute atomic E-state index is 13.4. The predicted octanol–water partition coefficient (Wildman–Crippen LogP) is 2.14. The van der Waals surface area contributed by atoms with Gasteiger partial charge in [0.2, 0.25) is 12.2 Å². The lowest BCUT2D eigenvalue weighted by molar-refractivity contribution is -0.244. The van der Waals surface area contributed by atoms with Crippen LogP contribution < -0.4 is 5.32 Å². The van der Waals surface area contributed by atoms with Gasteiger partial charge in [-0.1, -0.05) is 25.9 Å². The molecule has 0 aliphatic carbocycles. The van der Waals surface area contributed by atoms with E-state index < -0.39 is 60.1 Å². The van der Waals surface area contributed by atoms with Crippen molar-refractivity contribution < 1.29 is 47.6 Å². The lowest BCUT2D eigenvalue weighted by Crippen LogP contribution is -2.59. The molecule has 1 aliphatic rings. The van der Waals surface area contributed by atoms with E-state index in [9.17, 15) is 19.2 Å². The predicted molar refractivity (Wildman–Crippen MR) is 137 cm³/mol. The summed E-state index contributed by atoms with van der Waals surface area (Å²) in [6.45, 7) is 10.3. The number of rotatable bonds is 16. The Labute approximate surface area is 229 Å². The van der Waals surface area contributed by atoms with Gasteiger partial charge < -0.3 is 33.7 Å². The quantitative estimate of drug-likeness (QED) is 0.0735. The van der Waals surface area contributed by atoms with Crippen LogP contribution in [0.1, 0.15) is 48.0 Å². The number of hydrogen-bond donors (Lipinski definition) is 1. The second kappa shape index (κ2) is 16.9. The molecule has 0 saturated carbocycles. The fraction of sp³-hybridized carbons (Fsp3) is 0.840. The highest BCUT2D eigenvalue weighted by molar-refractivity contribution is 5.85. The number of ether oxygens (including phenoxy) is 6. The van der Waals surface area contributed by atoms with Gasteiger partial charge in [-0.25, -0.2) is 0 Å². The number of esters is 3. The van der Waals surface area contributed by atoms with Crippen molar-refractivity contribution in [2.75, 3.05) is 46.7 Å². The third-order valence-corrected chi connectivity index (χ3v) is 6.86. The number of carbonyl (C=O) groups excluding carboxylic acids is 4. The van der Waals surface area contributed by atoms with Crippen LogP contribution in [-0.2, 0) is 47.6 Å². The van der Waals surface area contributed by atoms with Crippen molar-refractivity contribution in [2.45, 2.75) is 66.4 Å². The summed E-state index contributed by atoms with van der Waals surface area (Å²) in [6.07, 6.45) is -1.62. The van der Waals surface area contributed by atoms with Gasteiger partial charge in [0, 0.05) is 18.9 Å². The third kappa shape index (κ3) is 10.6. The van der Waals surface area contributed by atoms with Gasteiger partial charge in [-0.2, -0.15) is 0 Å². The van der Waals surface area contributed by atoms with E-state index in [4.69, 9.17) is 34.0 Å². The Bertz CT molecular complexity index is 877. The highest BCUT2D eigenvalue weighted by Crippen LogP contribution is 2.36. The summed E-state index contributed by atoms with van der Waals surface area (Å²) < 4.78 is 32.4.